The van der Waals surface area contributed by atoms with Crippen LogP contribution in [0.3, 0.4) is 0 Å². The molecule has 2 N–H and O–H groups in total. The maximum absolute atomic E-state index is 12.0. The van der Waals surface area contributed by atoms with E-state index >= 15 is 0 Å². The molecule has 0 bridgehead atoms. The van der Waals surface area contributed by atoms with Gasteiger partial charge in [0.2, 0.25) is 0 Å². The number of ether oxygens (including phenoxy) is 2. The third-order valence-corrected chi connectivity index (χ3v) is 3.02. The topological polar surface area (TPSA) is 112 Å². The van der Waals surface area contributed by atoms with Gasteiger partial charge >= 0.3 is 12.0 Å². The van der Waals surface area contributed by atoms with Gasteiger partial charge in [-0.25, -0.2) is 4.79 Å². The molecule has 0 radical (unpaired) electrons. The number of urea groups is 1. The fourth-order valence-corrected chi connectivity index (χ4v) is 1.95. The molecule has 0 unspecified atom stereocenters. The third kappa shape index (κ3) is 3.29. The Hall–Kier alpha value is -3.49. The summed E-state index contributed by atoms with van der Waals surface area (Å²) in [7, 11) is 3.04. The minimum atomic E-state index is -0.545. The number of nitrogens with one attached hydrogen (secondary N) is 2. The first kappa shape index (κ1) is 15.4. The molecule has 124 valence electrons. The van der Waals surface area contributed by atoms with Gasteiger partial charge in [0.1, 0.15) is 0 Å². The van der Waals surface area contributed by atoms with Gasteiger partial charge in [0, 0.05) is 11.8 Å². The van der Waals surface area contributed by atoms with E-state index in [0.29, 0.717) is 22.9 Å². The van der Waals surface area contributed by atoms with Crippen LogP contribution in [-0.4, -0.2) is 30.4 Å². The molecule has 0 spiro atoms. The van der Waals surface area contributed by atoms with Crippen LogP contribution >= 0.6 is 0 Å². The fourth-order valence-electron chi connectivity index (χ4n) is 1.95. The minimum absolute atomic E-state index is 0.0561. The SMILES string of the molecule is COc1ccc(NC(=O)Nc2nnc(-c3ccco3)o2)cc1OC. The van der Waals surface area contributed by atoms with Crippen molar-refractivity contribution in [1.82, 2.24) is 10.2 Å². The predicted molar refractivity (Wildman–Crippen MR) is 84.2 cm³/mol. The summed E-state index contributed by atoms with van der Waals surface area (Å²) in [5.41, 5.74) is 0.510. The second kappa shape index (κ2) is 6.73. The predicted octanol–water partition coefficient (Wildman–Crippen LogP) is 2.99. The Kier molecular flexibility index (Phi) is 4.32. The van der Waals surface area contributed by atoms with Crippen LogP contribution in [0, 0.1) is 0 Å². The highest BCUT2D eigenvalue weighted by molar-refractivity contribution is 5.98. The van der Waals surface area contributed by atoms with Gasteiger partial charge in [0.25, 0.3) is 5.89 Å². The first-order valence-electron chi connectivity index (χ1n) is 6.87. The summed E-state index contributed by atoms with van der Waals surface area (Å²) in [6, 6.07) is 7.73. The third-order valence-electron chi connectivity index (χ3n) is 3.02. The molecule has 2 amide bonds. The molecule has 0 aliphatic carbocycles. The molecule has 9 nitrogen and oxygen atoms in total. The number of aromatic nitrogens is 2. The summed E-state index contributed by atoms with van der Waals surface area (Å²) in [4.78, 5) is 12.0. The van der Waals surface area contributed by atoms with E-state index < -0.39 is 6.03 Å². The van der Waals surface area contributed by atoms with Gasteiger partial charge in [0.15, 0.2) is 17.3 Å². The number of carbonyl (C=O) groups is 1. The van der Waals surface area contributed by atoms with Crippen molar-refractivity contribution in [2.45, 2.75) is 0 Å². The largest absolute Gasteiger partial charge is 0.493 e. The minimum Gasteiger partial charge on any atom is -0.493 e. The van der Waals surface area contributed by atoms with E-state index in [1.54, 1.807) is 30.3 Å². The molecule has 0 atom stereocenters. The number of hydrogen-bond donors (Lipinski definition) is 2. The van der Waals surface area contributed by atoms with Gasteiger partial charge in [0.05, 0.1) is 20.5 Å². The zero-order chi connectivity index (χ0) is 16.9. The van der Waals surface area contributed by atoms with Gasteiger partial charge in [-0.15, -0.1) is 5.10 Å². The number of amides is 2. The highest BCUT2D eigenvalue weighted by atomic mass is 16.5. The van der Waals surface area contributed by atoms with Gasteiger partial charge in [-0.05, 0) is 24.3 Å². The lowest BCUT2D eigenvalue weighted by Crippen LogP contribution is -2.19. The van der Waals surface area contributed by atoms with Crippen molar-refractivity contribution in [3.63, 3.8) is 0 Å². The summed E-state index contributed by atoms with van der Waals surface area (Å²) in [6.07, 6.45) is 1.48. The molecule has 24 heavy (non-hydrogen) atoms. The van der Waals surface area contributed by atoms with Crippen molar-refractivity contribution >= 4 is 17.7 Å². The summed E-state index contributed by atoms with van der Waals surface area (Å²) in [6.45, 7) is 0. The van der Waals surface area contributed by atoms with Crippen molar-refractivity contribution in [3.05, 3.63) is 36.6 Å². The number of rotatable bonds is 5. The van der Waals surface area contributed by atoms with Crippen molar-refractivity contribution in [3.8, 4) is 23.1 Å². The number of hydrogen-bond acceptors (Lipinski definition) is 7. The lowest BCUT2D eigenvalue weighted by molar-refractivity contribution is 0.261. The van der Waals surface area contributed by atoms with E-state index in [-0.39, 0.29) is 11.9 Å². The van der Waals surface area contributed by atoms with Gasteiger partial charge in [-0.3, -0.25) is 5.32 Å². The van der Waals surface area contributed by atoms with Crippen LogP contribution in [0.1, 0.15) is 0 Å². The van der Waals surface area contributed by atoms with E-state index in [2.05, 4.69) is 20.8 Å². The highest BCUT2D eigenvalue weighted by Gasteiger charge is 2.13. The van der Waals surface area contributed by atoms with Gasteiger partial charge < -0.3 is 23.6 Å². The quantitative estimate of drug-likeness (QED) is 0.739. The molecule has 0 saturated heterocycles. The summed E-state index contributed by atoms with van der Waals surface area (Å²) >= 11 is 0. The monoisotopic (exact) mass is 330 g/mol. The molecule has 1 aromatic carbocycles. The normalized spacial score (nSPS) is 10.2. The standard InChI is InChI=1S/C15H14N4O5/c1-21-10-6-5-9(8-12(10)22-2)16-14(20)17-15-19-18-13(24-15)11-4-3-7-23-11/h3-8H,1-2H3,(H2,16,17,19,20). The van der Waals surface area contributed by atoms with E-state index in [4.69, 9.17) is 18.3 Å². The van der Waals surface area contributed by atoms with Crippen LogP contribution in [0.15, 0.2) is 45.4 Å². The number of anilines is 2. The second-order valence-corrected chi connectivity index (χ2v) is 4.54. The summed E-state index contributed by atoms with van der Waals surface area (Å²) in [5.74, 6) is 1.63. The molecular formula is C15H14N4O5. The molecule has 0 fully saturated rings. The number of nitrogens with zero attached hydrogens (tertiary/aromatic N) is 2. The Morgan fingerprint density at radius 2 is 1.92 bits per heavy atom. The van der Waals surface area contributed by atoms with Crippen LogP contribution in [0.2, 0.25) is 0 Å². The zero-order valence-corrected chi connectivity index (χ0v) is 12.9. The van der Waals surface area contributed by atoms with Crippen molar-refractivity contribution in [2.75, 3.05) is 24.9 Å². The molecule has 2 heterocycles. The molecule has 3 aromatic rings. The van der Waals surface area contributed by atoms with Gasteiger partial charge in [-0.1, -0.05) is 5.10 Å². The average Bonchev–Trinajstić information content (AvgIpc) is 3.25. The zero-order valence-electron chi connectivity index (χ0n) is 12.9. The molecule has 3 rings (SSSR count). The van der Waals surface area contributed by atoms with E-state index in [0.717, 1.165) is 0 Å². The summed E-state index contributed by atoms with van der Waals surface area (Å²) < 4.78 is 20.7. The smallest absolute Gasteiger partial charge is 0.327 e. The van der Waals surface area contributed by atoms with E-state index in [1.165, 1.54) is 20.5 Å². The number of furan rings is 1. The van der Waals surface area contributed by atoms with Crippen molar-refractivity contribution in [2.24, 2.45) is 0 Å². The maximum atomic E-state index is 12.0. The Morgan fingerprint density at radius 1 is 1.08 bits per heavy atom. The first-order valence-corrected chi connectivity index (χ1v) is 6.87. The Balaban J connectivity index is 1.65. The lowest BCUT2D eigenvalue weighted by Gasteiger charge is -2.10. The summed E-state index contributed by atoms with van der Waals surface area (Å²) in [5, 5.41) is 12.6. The number of benzene rings is 1. The van der Waals surface area contributed by atoms with E-state index in [9.17, 15) is 4.79 Å². The molecule has 0 saturated carbocycles. The van der Waals surface area contributed by atoms with Crippen molar-refractivity contribution in [1.29, 1.82) is 0 Å². The number of methoxy groups -OCH3 is 2. The Morgan fingerprint density at radius 3 is 2.62 bits per heavy atom. The lowest BCUT2D eigenvalue weighted by atomic mass is 10.3. The number of carbonyl (C=O) groups excluding carboxylic acids is 1. The maximum Gasteiger partial charge on any atom is 0.327 e. The van der Waals surface area contributed by atoms with Crippen LogP contribution in [0.4, 0.5) is 16.5 Å². The molecule has 0 aliphatic heterocycles. The average molecular weight is 330 g/mol. The molecule has 0 aliphatic rings. The van der Waals surface area contributed by atoms with Gasteiger partial charge in [-0.2, -0.15) is 0 Å². The first-order chi connectivity index (χ1) is 11.7. The Bertz CT molecular complexity index is 828. The van der Waals surface area contributed by atoms with E-state index in [1.807, 2.05) is 0 Å². The Labute approximate surface area is 136 Å². The van der Waals surface area contributed by atoms with Crippen LogP contribution in [0.5, 0.6) is 11.5 Å². The molecule has 2 aromatic heterocycles. The van der Waals surface area contributed by atoms with Crippen molar-refractivity contribution < 1.29 is 23.1 Å². The van der Waals surface area contributed by atoms with Crippen LogP contribution in [-0.2, 0) is 0 Å². The van der Waals surface area contributed by atoms with Crippen LogP contribution in [0.25, 0.3) is 11.7 Å². The molecular weight excluding hydrogens is 316 g/mol. The highest BCUT2D eigenvalue weighted by Crippen LogP contribution is 2.29. The molecule has 9 heteroatoms. The fraction of sp³-hybridized carbons (Fsp3) is 0.133. The second-order valence-electron chi connectivity index (χ2n) is 4.54. The van der Waals surface area contributed by atoms with Crippen LogP contribution < -0.4 is 20.1 Å².